The van der Waals surface area contributed by atoms with Crippen LogP contribution in [0.4, 0.5) is 24.5 Å². The molecule has 6 heteroatoms. The maximum atomic E-state index is 13.3. The number of halogens is 3. The number of hydrogen-bond acceptors (Lipinski definition) is 3. The van der Waals surface area contributed by atoms with Crippen LogP contribution in [0.3, 0.4) is 0 Å². The molecule has 0 saturated carbocycles. The number of alkyl halides is 2. The third-order valence-electron chi connectivity index (χ3n) is 2.42. The van der Waals surface area contributed by atoms with Crippen molar-refractivity contribution in [1.82, 2.24) is 0 Å². The molecule has 0 amide bonds. The Labute approximate surface area is 104 Å². The molecule has 0 heterocycles. The lowest BCUT2D eigenvalue weighted by Gasteiger charge is -2.12. The molecule has 1 rings (SSSR count). The first-order valence-corrected chi connectivity index (χ1v) is 5.82. The molecular weight excluding hydrogens is 245 g/mol. The first-order chi connectivity index (χ1) is 8.54. The Morgan fingerprint density at radius 1 is 1.33 bits per heavy atom. The number of nitrogen functional groups attached to an aromatic ring is 1. The van der Waals surface area contributed by atoms with E-state index in [4.69, 9.17) is 5.73 Å². The number of ether oxygens (including phenoxy) is 1. The van der Waals surface area contributed by atoms with Crippen LogP contribution in [-0.2, 0) is 0 Å². The van der Waals surface area contributed by atoms with Gasteiger partial charge in [0.1, 0.15) is 0 Å². The van der Waals surface area contributed by atoms with Crippen molar-refractivity contribution in [3.05, 3.63) is 17.9 Å². The third kappa shape index (κ3) is 4.35. The minimum absolute atomic E-state index is 0.172. The van der Waals surface area contributed by atoms with Crippen LogP contribution in [0.1, 0.15) is 26.2 Å². The molecule has 0 bridgehead atoms. The van der Waals surface area contributed by atoms with Gasteiger partial charge >= 0.3 is 6.61 Å². The van der Waals surface area contributed by atoms with Gasteiger partial charge in [-0.3, -0.25) is 0 Å². The molecule has 0 fully saturated rings. The van der Waals surface area contributed by atoms with Crippen LogP contribution in [0.2, 0.25) is 0 Å². The second-order valence-corrected chi connectivity index (χ2v) is 3.88. The highest BCUT2D eigenvalue weighted by atomic mass is 19.3. The van der Waals surface area contributed by atoms with Crippen LogP contribution in [0, 0.1) is 5.82 Å². The monoisotopic (exact) mass is 262 g/mol. The zero-order chi connectivity index (χ0) is 13.5. The minimum Gasteiger partial charge on any atom is -0.432 e. The third-order valence-corrected chi connectivity index (χ3v) is 2.42. The van der Waals surface area contributed by atoms with Gasteiger partial charge in [0.25, 0.3) is 0 Å². The second kappa shape index (κ2) is 6.98. The van der Waals surface area contributed by atoms with Gasteiger partial charge in [0.05, 0.1) is 11.4 Å². The van der Waals surface area contributed by atoms with Crippen molar-refractivity contribution in [2.24, 2.45) is 0 Å². The topological polar surface area (TPSA) is 47.3 Å². The molecule has 0 aliphatic rings. The highest BCUT2D eigenvalue weighted by Gasteiger charge is 2.13. The summed E-state index contributed by atoms with van der Waals surface area (Å²) in [7, 11) is 0. The fourth-order valence-corrected chi connectivity index (χ4v) is 1.51. The predicted octanol–water partition coefficient (Wildman–Crippen LogP) is 3.61. The SMILES string of the molecule is CCCCCNc1cc(OC(F)F)c(F)cc1N. The predicted molar refractivity (Wildman–Crippen MR) is 65.5 cm³/mol. The molecule has 0 atom stereocenters. The van der Waals surface area contributed by atoms with Crippen molar-refractivity contribution < 1.29 is 17.9 Å². The van der Waals surface area contributed by atoms with E-state index in [-0.39, 0.29) is 5.69 Å². The Bertz CT molecular complexity index is 386. The summed E-state index contributed by atoms with van der Waals surface area (Å²) in [6, 6.07) is 2.13. The van der Waals surface area contributed by atoms with E-state index in [1.54, 1.807) is 0 Å². The number of benzene rings is 1. The number of anilines is 2. The molecule has 0 aliphatic heterocycles. The van der Waals surface area contributed by atoms with E-state index in [1.165, 1.54) is 0 Å². The van der Waals surface area contributed by atoms with Crippen molar-refractivity contribution in [3.8, 4) is 5.75 Å². The summed E-state index contributed by atoms with van der Waals surface area (Å²) < 4.78 is 41.4. The molecule has 0 aromatic heterocycles. The van der Waals surface area contributed by atoms with E-state index in [0.29, 0.717) is 12.2 Å². The molecule has 0 radical (unpaired) electrons. The maximum Gasteiger partial charge on any atom is 0.387 e. The lowest BCUT2D eigenvalue weighted by molar-refractivity contribution is -0.0521. The van der Waals surface area contributed by atoms with Crippen molar-refractivity contribution in [1.29, 1.82) is 0 Å². The number of unbranched alkanes of at least 4 members (excludes halogenated alkanes) is 2. The lowest BCUT2D eigenvalue weighted by atomic mass is 10.2. The average Bonchev–Trinajstić information content (AvgIpc) is 2.29. The van der Waals surface area contributed by atoms with E-state index in [0.717, 1.165) is 31.4 Å². The number of rotatable bonds is 7. The first kappa shape index (κ1) is 14.5. The van der Waals surface area contributed by atoms with Gasteiger partial charge < -0.3 is 15.8 Å². The highest BCUT2D eigenvalue weighted by molar-refractivity contribution is 5.68. The van der Waals surface area contributed by atoms with Crippen LogP contribution in [0.15, 0.2) is 12.1 Å². The summed E-state index contributed by atoms with van der Waals surface area (Å²) in [5.74, 6) is -1.40. The summed E-state index contributed by atoms with van der Waals surface area (Å²) in [6.45, 7) is -0.338. The van der Waals surface area contributed by atoms with Crippen LogP contribution in [0.25, 0.3) is 0 Å². The zero-order valence-electron chi connectivity index (χ0n) is 10.2. The molecule has 0 saturated heterocycles. The molecule has 102 valence electrons. The minimum atomic E-state index is -3.06. The average molecular weight is 262 g/mol. The van der Waals surface area contributed by atoms with Crippen molar-refractivity contribution in [2.75, 3.05) is 17.6 Å². The fourth-order valence-electron chi connectivity index (χ4n) is 1.51. The number of nitrogens with two attached hydrogens (primary N) is 1. The Kier molecular flexibility index (Phi) is 5.61. The first-order valence-electron chi connectivity index (χ1n) is 5.82. The summed E-state index contributed by atoms with van der Waals surface area (Å²) >= 11 is 0. The molecule has 0 spiro atoms. The van der Waals surface area contributed by atoms with Gasteiger partial charge in [-0.15, -0.1) is 0 Å². The van der Waals surface area contributed by atoms with E-state index in [1.807, 2.05) is 0 Å². The Hall–Kier alpha value is -1.59. The van der Waals surface area contributed by atoms with Crippen molar-refractivity contribution >= 4 is 11.4 Å². The zero-order valence-corrected chi connectivity index (χ0v) is 10.2. The summed E-state index contributed by atoms with van der Waals surface area (Å²) in [5, 5.41) is 2.97. The van der Waals surface area contributed by atoms with Gasteiger partial charge in [-0.1, -0.05) is 19.8 Å². The van der Waals surface area contributed by atoms with Crippen LogP contribution in [-0.4, -0.2) is 13.2 Å². The number of hydrogen-bond donors (Lipinski definition) is 2. The summed E-state index contributed by atoms with van der Waals surface area (Å²) in [6.07, 6.45) is 3.05. The van der Waals surface area contributed by atoms with Crippen LogP contribution >= 0.6 is 0 Å². The van der Waals surface area contributed by atoms with Gasteiger partial charge in [0.2, 0.25) is 0 Å². The maximum absolute atomic E-state index is 13.3. The second-order valence-electron chi connectivity index (χ2n) is 3.88. The van der Waals surface area contributed by atoms with Gasteiger partial charge in [-0.2, -0.15) is 8.78 Å². The molecule has 1 aromatic carbocycles. The standard InChI is InChI=1S/C12H17F3N2O/c1-2-3-4-5-17-10-7-11(18-12(14)15)8(13)6-9(10)16/h6-7,12,17H,2-5,16H2,1H3. The van der Waals surface area contributed by atoms with Gasteiger partial charge in [0.15, 0.2) is 11.6 Å². The Morgan fingerprint density at radius 2 is 2.06 bits per heavy atom. The number of nitrogens with one attached hydrogen (secondary N) is 1. The summed E-state index contributed by atoms with van der Waals surface area (Å²) in [5.41, 5.74) is 6.17. The van der Waals surface area contributed by atoms with Gasteiger partial charge in [0, 0.05) is 18.7 Å². The molecule has 0 aliphatic carbocycles. The fraction of sp³-hybridized carbons (Fsp3) is 0.500. The summed E-state index contributed by atoms with van der Waals surface area (Å²) in [4.78, 5) is 0. The van der Waals surface area contributed by atoms with E-state index >= 15 is 0 Å². The van der Waals surface area contributed by atoms with E-state index in [2.05, 4.69) is 17.0 Å². The van der Waals surface area contributed by atoms with E-state index in [9.17, 15) is 13.2 Å². The molecule has 18 heavy (non-hydrogen) atoms. The van der Waals surface area contributed by atoms with Crippen molar-refractivity contribution in [3.63, 3.8) is 0 Å². The Balaban J connectivity index is 2.71. The highest BCUT2D eigenvalue weighted by Crippen LogP contribution is 2.29. The van der Waals surface area contributed by atoms with Crippen LogP contribution in [0.5, 0.6) is 5.75 Å². The Morgan fingerprint density at radius 3 is 2.67 bits per heavy atom. The smallest absolute Gasteiger partial charge is 0.387 e. The van der Waals surface area contributed by atoms with Gasteiger partial charge in [-0.05, 0) is 6.42 Å². The van der Waals surface area contributed by atoms with E-state index < -0.39 is 18.2 Å². The molecule has 1 aromatic rings. The van der Waals surface area contributed by atoms with Crippen LogP contribution < -0.4 is 15.8 Å². The van der Waals surface area contributed by atoms with Gasteiger partial charge in [-0.25, -0.2) is 4.39 Å². The molecule has 3 nitrogen and oxygen atoms in total. The largest absolute Gasteiger partial charge is 0.432 e. The quantitative estimate of drug-likeness (QED) is 0.583. The molecule has 3 N–H and O–H groups in total. The van der Waals surface area contributed by atoms with Crippen molar-refractivity contribution in [2.45, 2.75) is 32.8 Å². The molecular formula is C12H17F3N2O. The lowest BCUT2D eigenvalue weighted by Crippen LogP contribution is -2.08. The molecule has 0 unspecified atom stereocenters. The normalized spacial score (nSPS) is 10.7.